The Hall–Kier alpha value is -3.07. The minimum Gasteiger partial charge on any atom is -0.497 e. The summed E-state index contributed by atoms with van der Waals surface area (Å²) in [5.41, 5.74) is 0.806. The Morgan fingerprint density at radius 3 is 2.50 bits per heavy atom. The van der Waals surface area contributed by atoms with Gasteiger partial charge in [-0.25, -0.2) is 0 Å². The lowest BCUT2D eigenvalue weighted by Gasteiger charge is -2.13. The van der Waals surface area contributed by atoms with E-state index in [1.165, 1.54) is 10.6 Å². The van der Waals surface area contributed by atoms with Crippen LogP contribution in [0.4, 0.5) is 0 Å². The van der Waals surface area contributed by atoms with Crippen molar-refractivity contribution in [2.45, 2.75) is 13.0 Å². The molecule has 0 saturated carbocycles. The SMILES string of the molecule is COc1ccc(-c2ccc(C#N)c(=O)n2CCC(=O)O)cc1. The molecular formula is C16H14N2O4. The summed E-state index contributed by atoms with van der Waals surface area (Å²) in [7, 11) is 1.56. The highest BCUT2D eigenvalue weighted by Gasteiger charge is 2.11. The molecule has 1 N–H and O–H groups in total. The molecule has 6 nitrogen and oxygen atoms in total. The molecule has 0 saturated heterocycles. The quantitative estimate of drug-likeness (QED) is 0.909. The van der Waals surface area contributed by atoms with Crippen molar-refractivity contribution < 1.29 is 14.6 Å². The van der Waals surface area contributed by atoms with E-state index in [9.17, 15) is 9.59 Å². The van der Waals surface area contributed by atoms with E-state index in [0.717, 1.165) is 5.56 Å². The van der Waals surface area contributed by atoms with Crippen LogP contribution in [0.3, 0.4) is 0 Å². The standard InChI is InChI=1S/C16H14N2O4/c1-22-13-5-2-11(3-6-13)14-7-4-12(10-17)16(21)18(14)9-8-15(19)20/h2-7H,8-9H2,1H3,(H,19,20). The Bertz CT molecular complexity index is 785. The van der Waals surface area contributed by atoms with Crippen molar-refractivity contribution in [2.75, 3.05) is 7.11 Å². The van der Waals surface area contributed by atoms with Crippen LogP contribution in [0.25, 0.3) is 11.3 Å². The Morgan fingerprint density at radius 2 is 1.95 bits per heavy atom. The highest BCUT2D eigenvalue weighted by atomic mass is 16.5. The minimum absolute atomic E-state index is 0.00501. The molecule has 0 amide bonds. The lowest BCUT2D eigenvalue weighted by atomic mass is 10.1. The number of aliphatic carboxylic acids is 1. The monoisotopic (exact) mass is 298 g/mol. The van der Waals surface area contributed by atoms with Crippen molar-refractivity contribution in [1.29, 1.82) is 5.26 Å². The minimum atomic E-state index is -1.00. The van der Waals surface area contributed by atoms with Crippen molar-refractivity contribution in [2.24, 2.45) is 0 Å². The topological polar surface area (TPSA) is 92.3 Å². The van der Waals surface area contributed by atoms with Gasteiger partial charge in [0.25, 0.3) is 5.56 Å². The fourth-order valence-electron chi connectivity index (χ4n) is 2.11. The number of benzene rings is 1. The van der Waals surface area contributed by atoms with Gasteiger partial charge in [-0.15, -0.1) is 0 Å². The molecule has 1 heterocycles. The first-order valence-corrected chi connectivity index (χ1v) is 6.57. The molecule has 2 rings (SSSR count). The van der Waals surface area contributed by atoms with Crippen molar-refractivity contribution in [3.63, 3.8) is 0 Å². The van der Waals surface area contributed by atoms with Gasteiger partial charge < -0.3 is 14.4 Å². The van der Waals surface area contributed by atoms with Gasteiger partial charge in [0.2, 0.25) is 0 Å². The number of ether oxygens (including phenoxy) is 1. The first-order valence-electron chi connectivity index (χ1n) is 6.57. The summed E-state index contributed by atoms with van der Waals surface area (Å²) in [6, 6.07) is 12.0. The van der Waals surface area contributed by atoms with Crippen LogP contribution in [-0.2, 0) is 11.3 Å². The summed E-state index contributed by atoms with van der Waals surface area (Å²) in [6.45, 7) is 0.00501. The number of hydrogen-bond acceptors (Lipinski definition) is 4. The van der Waals surface area contributed by atoms with E-state index in [4.69, 9.17) is 15.1 Å². The van der Waals surface area contributed by atoms with Crippen molar-refractivity contribution in [1.82, 2.24) is 4.57 Å². The molecule has 2 aromatic rings. The average molecular weight is 298 g/mol. The highest BCUT2D eigenvalue weighted by Crippen LogP contribution is 2.22. The predicted octanol–water partition coefficient (Wildman–Crippen LogP) is 1.87. The van der Waals surface area contributed by atoms with Gasteiger partial charge in [0, 0.05) is 6.54 Å². The predicted molar refractivity (Wildman–Crippen MR) is 79.7 cm³/mol. The summed E-state index contributed by atoms with van der Waals surface area (Å²) in [5, 5.41) is 17.8. The van der Waals surface area contributed by atoms with Gasteiger partial charge in [0.1, 0.15) is 17.4 Å². The Labute approximate surface area is 126 Å². The largest absolute Gasteiger partial charge is 0.497 e. The summed E-state index contributed by atoms with van der Waals surface area (Å²) in [4.78, 5) is 23.0. The molecule has 0 bridgehead atoms. The van der Waals surface area contributed by atoms with Crippen LogP contribution < -0.4 is 10.3 Å². The Morgan fingerprint density at radius 1 is 1.27 bits per heavy atom. The van der Waals surface area contributed by atoms with E-state index in [1.807, 2.05) is 6.07 Å². The van der Waals surface area contributed by atoms with Gasteiger partial charge in [-0.05, 0) is 42.0 Å². The van der Waals surface area contributed by atoms with E-state index in [-0.39, 0.29) is 18.5 Å². The summed E-state index contributed by atoms with van der Waals surface area (Å²) >= 11 is 0. The summed E-state index contributed by atoms with van der Waals surface area (Å²) in [5.74, 6) is -0.327. The van der Waals surface area contributed by atoms with E-state index >= 15 is 0 Å². The number of pyridine rings is 1. The van der Waals surface area contributed by atoms with E-state index in [1.54, 1.807) is 37.4 Å². The number of rotatable bonds is 5. The molecule has 0 spiro atoms. The van der Waals surface area contributed by atoms with Crippen LogP contribution in [0.1, 0.15) is 12.0 Å². The Kier molecular flexibility index (Phi) is 4.59. The van der Waals surface area contributed by atoms with Crippen LogP contribution in [0, 0.1) is 11.3 Å². The van der Waals surface area contributed by atoms with Crippen LogP contribution in [0.2, 0.25) is 0 Å². The van der Waals surface area contributed by atoms with Gasteiger partial charge in [-0.1, -0.05) is 0 Å². The third kappa shape index (κ3) is 3.15. The average Bonchev–Trinajstić information content (AvgIpc) is 2.53. The van der Waals surface area contributed by atoms with E-state index in [0.29, 0.717) is 11.4 Å². The molecule has 1 aromatic heterocycles. The fraction of sp³-hybridized carbons (Fsp3) is 0.188. The zero-order valence-corrected chi connectivity index (χ0v) is 11.9. The first kappa shape index (κ1) is 15.3. The third-order valence-electron chi connectivity index (χ3n) is 3.23. The molecule has 22 heavy (non-hydrogen) atoms. The number of carbonyl (C=O) groups is 1. The fourth-order valence-corrected chi connectivity index (χ4v) is 2.11. The number of hydrogen-bond donors (Lipinski definition) is 1. The van der Waals surface area contributed by atoms with Gasteiger partial charge in [-0.2, -0.15) is 5.26 Å². The molecule has 0 aliphatic rings. The van der Waals surface area contributed by atoms with Gasteiger partial charge >= 0.3 is 5.97 Å². The summed E-state index contributed by atoms with van der Waals surface area (Å²) < 4.78 is 6.40. The molecule has 0 radical (unpaired) electrons. The van der Waals surface area contributed by atoms with Crippen LogP contribution in [-0.4, -0.2) is 22.8 Å². The van der Waals surface area contributed by atoms with Gasteiger partial charge in [0.05, 0.1) is 19.2 Å². The molecular weight excluding hydrogens is 284 g/mol. The lowest BCUT2D eigenvalue weighted by Crippen LogP contribution is -2.25. The Balaban J connectivity index is 2.53. The molecule has 1 aromatic carbocycles. The highest BCUT2D eigenvalue weighted by molar-refractivity contribution is 5.67. The summed E-state index contributed by atoms with van der Waals surface area (Å²) in [6.07, 6.45) is -0.196. The van der Waals surface area contributed by atoms with Crippen molar-refractivity contribution in [3.05, 3.63) is 52.3 Å². The second-order valence-electron chi connectivity index (χ2n) is 4.57. The number of methoxy groups -OCH3 is 1. The van der Waals surface area contributed by atoms with Gasteiger partial charge in [-0.3, -0.25) is 9.59 Å². The third-order valence-corrected chi connectivity index (χ3v) is 3.23. The molecule has 0 unspecified atom stereocenters. The molecule has 0 aliphatic heterocycles. The lowest BCUT2D eigenvalue weighted by molar-refractivity contribution is -0.137. The molecule has 0 atom stereocenters. The van der Waals surface area contributed by atoms with Crippen LogP contribution >= 0.6 is 0 Å². The van der Waals surface area contributed by atoms with Crippen molar-refractivity contribution in [3.8, 4) is 23.1 Å². The number of aromatic nitrogens is 1. The zero-order chi connectivity index (χ0) is 16.1. The van der Waals surface area contributed by atoms with Crippen molar-refractivity contribution >= 4 is 5.97 Å². The molecule has 6 heteroatoms. The maximum Gasteiger partial charge on any atom is 0.305 e. The number of nitrogens with zero attached hydrogens (tertiary/aromatic N) is 2. The first-order chi connectivity index (χ1) is 10.6. The molecule has 0 fully saturated rings. The van der Waals surface area contributed by atoms with E-state index in [2.05, 4.69) is 0 Å². The molecule has 0 aliphatic carbocycles. The second kappa shape index (κ2) is 6.59. The smallest absolute Gasteiger partial charge is 0.305 e. The van der Waals surface area contributed by atoms with Crippen LogP contribution in [0.5, 0.6) is 5.75 Å². The van der Waals surface area contributed by atoms with E-state index < -0.39 is 11.5 Å². The van der Waals surface area contributed by atoms with Gasteiger partial charge in [0.15, 0.2) is 0 Å². The number of carboxylic acid groups (broad SMARTS) is 1. The maximum absolute atomic E-state index is 12.3. The number of carboxylic acids is 1. The maximum atomic E-state index is 12.3. The zero-order valence-electron chi connectivity index (χ0n) is 11.9. The molecule has 112 valence electrons. The number of nitriles is 1. The second-order valence-corrected chi connectivity index (χ2v) is 4.57. The normalized spacial score (nSPS) is 10.0. The van der Waals surface area contributed by atoms with Crippen LogP contribution in [0.15, 0.2) is 41.2 Å².